The summed E-state index contributed by atoms with van der Waals surface area (Å²) in [5, 5.41) is 4.21. The summed E-state index contributed by atoms with van der Waals surface area (Å²) in [6.45, 7) is 0.607. The van der Waals surface area contributed by atoms with Gasteiger partial charge in [0, 0.05) is 35.3 Å². The first-order valence-corrected chi connectivity index (χ1v) is 9.35. The largest absolute Gasteiger partial charge is 0.493 e. The number of aromatic nitrogens is 2. The van der Waals surface area contributed by atoms with Crippen molar-refractivity contribution in [3.8, 4) is 16.9 Å². The van der Waals surface area contributed by atoms with Crippen molar-refractivity contribution in [1.29, 1.82) is 0 Å². The van der Waals surface area contributed by atoms with E-state index >= 15 is 0 Å². The van der Waals surface area contributed by atoms with Gasteiger partial charge < -0.3 is 15.0 Å². The van der Waals surface area contributed by atoms with Crippen LogP contribution in [0.4, 0.5) is 0 Å². The summed E-state index contributed by atoms with van der Waals surface area (Å²) in [4.78, 5) is 20.2. The predicted molar refractivity (Wildman–Crippen MR) is 108 cm³/mol. The summed E-state index contributed by atoms with van der Waals surface area (Å²) in [6.07, 6.45) is 4.44. The number of rotatable bonds is 3. The van der Waals surface area contributed by atoms with Gasteiger partial charge in [0.2, 0.25) is 0 Å². The van der Waals surface area contributed by atoms with E-state index in [1.165, 1.54) is 0 Å². The van der Waals surface area contributed by atoms with Gasteiger partial charge in [0.05, 0.1) is 12.6 Å². The van der Waals surface area contributed by atoms with Gasteiger partial charge in [-0.15, -0.1) is 0 Å². The third kappa shape index (κ3) is 2.91. The van der Waals surface area contributed by atoms with Crippen molar-refractivity contribution in [3.63, 3.8) is 0 Å². The minimum atomic E-state index is -0.0743. The summed E-state index contributed by atoms with van der Waals surface area (Å²) in [7, 11) is 0. The van der Waals surface area contributed by atoms with Gasteiger partial charge in [-0.25, -0.2) is 4.98 Å². The Bertz CT molecular complexity index is 1150. The first-order chi connectivity index (χ1) is 13.8. The number of fused-ring (bicyclic) bond motifs is 2. The number of hydrogen-bond acceptors (Lipinski definition) is 3. The number of nitrogens with one attached hydrogen (secondary N) is 2. The predicted octanol–water partition coefficient (Wildman–Crippen LogP) is 4.48. The lowest BCUT2D eigenvalue weighted by molar-refractivity contribution is 0.0925. The van der Waals surface area contributed by atoms with Gasteiger partial charge >= 0.3 is 0 Å². The molecule has 0 aliphatic carbocycles. The number of H-pyrrole nitrogens is 1. The molecule has 0 fully saturated rings. The molecular formula is C23H19N3O2. The zero-order valence-electron chi connectivity index (χ0n) is 15.2. The topological polar surface area (TPSA) is 67.0 Å². The zero-order chi connectivity index (χ0) is 18.9. The molecule has 3 heterocycles. The number of benzene rings is 2. The van der Waals surface area contributed by atoms with E-state index in [-0.39, 0.29) is 11.9 Å². The maximum absolute atomic E-state index is 12.8. The Morgan fingerprint density at radius 2 is 1.93 bits per heavy atom. The number of carbonyl (C=O) groups excluding carboxylic acids is 1. The molecule has 0 radical (unpaired) electrons. The maximum Gasteiger partial charge on any atom is 0.251 e. The first kappa shape index (κ1) is 16.6. The first-order valence-electron chi connectivity index (χ1n) is 9.35. The molecule has 138 valence electrons. The van der Waals surface area contributed by atoms with Crippen molar-refractivity contribution >= 4 is 16.9 Å². The molecule has 1 aliphatic rings. The Balaban J connectivity index is 1.38. The van der Waals surface area contributed by atoms with Crippen molar-refractivity contribution in [1.82, 2.24) is 15.3 Å². The van der Waals surface area contributed by atoms with Crippen LogP contribution in [0, 0.1) is 0 Å². The molecule has 1 aliphatic heterocycles. The fourth-order valence-corrected chi connectivity index (χ4v) is 3.75. The summed E-state index contributed by atoms with van der Waals surface area (Å²) < 4.78 is 5.68. The molecule has 2 aromatic heterocycles. The molecule has 28 heavy (non-hydrogen) atoms. The molecule has 1 atom stereocenters. The molecule has 5 rings (SSSR count). The number of aromatic amines is 1. The Hall–Kier alpha value is -3.60. The van der Waals surface area contributed by atoms with Crippen molar-refractivity contribution < 1.29 is 9.53 Å². The molecule has 0 unspecified atom stereocenters. The van der Waals surface area contributed by atoms with Gasteiger partial charge in [-0.3, -0.25) is 4.79 Å². The quantitative estimate of drug-likeness (QED) is 0.559. The molecule has 1 amide bonds. The summed E-state index contributed by atoms with van der Waals surface area (Å²) >= 11 is 0. The van der Waals surface area contributed by atoms with E-state index in [1.807, 2.05) is 66.9 Å². The van der Waals surface area contributed by atoms with Crippen LogP contribution < -0.4 is 10.1 Å². The maximum atomic E-state index is 12.8. The molecule has 0 saturated heterocycles. The third-order valence-corrected chi connectivity index (χ3v) is 5.18. The van der Waals surface area contributed by atoms with Crippen LogP contribution in [0.15, 0.2) is 73.1 Å². The second-order valence-corrected chi connectivity index (χ2v) is 6.88. The van der Waals surface area contributed by atoms with Crippen molar-refractivity contribution in [2.45, 2.75) is 12.5 Å². The molecule has 5 heteroatoms. The zero-order valence-corrected chi connectivity index (χ0v) is 15.2. The van der Waals surface area contributed by atoms with Gasteiger partial charge in [0.15, 0.2) is 0 Å². The molecule has 0 saturated carbocycles. The molecular weight excluding hydrogens is 350 g/mol. The van der Waals surface area contributed by atoms with Gasteiger partial charge in [-0.05, 0) is 41.5 Å². The number of amides is 1. The molecule has 2 N–H and O–H groups in total. The van der Waals surface area contributed by atoms with E-state index in [2.05, 4.69) is 15.3 Å². The number of hydrogen-bond donors (Lipinski definition) is 2. The van der Waals surface area contributed by atoms with Gasteiger partial charge in [-0.2, -0.15) is 0 Å². The lowest BCUT2D eigenvalue weighted by atomic mass is 9.99. The SMILES string of the molecule is O=C(N[C@H]1CCOc2ccccc21)c1ccc(-c2ccnc3[nH]ccc23)cc1. The number of nitrogens with zero attached hydrogens (tertiary/aromatic N) is 1. The minimum Gasteiger partial charge on any atom is -0.493 e. The van der Waals surface area contributed by atoms with Crippen molar-refractivity contribution in [2.75, 3.05) is 6.61 Å². The normalized spacial score (nSPS) is 15.6. The molecule has 2 aromatic carbocycles. The van der Waals surface area contributed by atoms with Crippen LogP contribution >= 0.6 is 0 Å². The number of para-hydroxylation sites is 1. The van der Waals surface area contributed by atoms with Gasteiger partial charge in [0.25, 0.3) is 5.91 Å². The van der Waals surface area contributed by atoms with Crippen LogP contribution in [-0.4, -0.2) is 22.5 Å². The van der Waals surface area contributed by atoms with E-state index in [1.54, 1.807) is 6.20 Å². The van der Waals surface area contributed by atoms with E-state index in [9.17, 15) is 4.79 Å². The highest BCUT2D eigenvalue weighted by Gasteiger charge is 2.23. The summed E-state index contributed by atoms with van der Waals surface area (Å²) in [5.41, 5.74) is 4.69. The van der Waals surface area contributed by atoms with Crippen LogP contribution in [0.2, 0.25) is 0 Å². The highest BCUT2D eigenvalue weighted by molar-refractivity contribution is 5.96. The summed E-state index contributed by atoms with van der Waals surface area (Å²) in [6, 6.07) is 19.5. The highest BCUT2D eigenvalue weighted by Crippen LogP contribution is 2.32. The van der Waals surface area contributed by atoms with Crippen LogP contribution in [0.1, 0.15) is 28.4 Å². The molecule has 0 bridgehead atoms. The van der Waals surface area contributed by atoms with Crippen molar-refractivity contribution in [3.05, 3.63) is 84.2 Å². The molecule has 5 nitrogen and oxygen atoms in total. The average Bonchev–Trinajstić information content (AvgIpc) is 3.23. The second kappa shape index (κ2) is 6.85. The number of ether oxygens (including phenoxy) is 1. The Labute approximate surface area is 162 Å². The highest BCUT2D eigenvalue weighted by atomic mass is 16.5. The third-order valence-electron chi connectivity index (χ3n) is 5.18. The lowest BCUT2D eigenvalue weighted by Crippen LogP contribution is -2.32. The molecule has 4 aromatic rings. The van der Waals surface area contributed by atoms with E-state index in [4.69, 9.17) is 4.74 Å². The smallest absolute Gasteiger partial charge is 0.251 e. The standard InChI is InChI=1S/C23H19N3O2/c27-23(26-20-11-14-28-21-4-2-1-3-19(20)21)16-7-5-15(6-8-16)17-9-12-24-22-18(17)10-13-25-22/h1-10,12-13,20H,11,14H2,(H,24,25)(H,26,27)/t20-/m0/s1. The van der Waals surface area contributed by atoms with Crippen LogP contribution in [-0.2, 0) is 0 Å². The minimum absolute atomic E-state index is 0.0307. The fraction of sp³-hybridized carbons (Fsp3) is 0.130. The van der Waals surface area contributed by atoms with E-state index in [0.29, 0.717) is 12.2 Å². The second-order valence-electron chi connectivity index (χ2n) is 6.88. The van der Waals surface area contributed by atoms with Crippen molar-refractivity contribution in [2.24, 2.45) is 0 Å². The van der Waals surface area contributed by atoms with E-state index < -0.39 is 0 Å². The van der Waals surface area contributed by atoms with Gasteiger partial charge in [-0.1, -0.05) is 30.3 Å². The van der Waals surface area contributed by atoms with E-state index in [0.717, 1.165) is 39.9 Å². The monoisotopic (exact) mass is 369 g/mol. The van der Waals surface area contributed by atoms with Crippen LogP contribution in [0.3, 0.4) is 0 Å². The number of pyridine rings is 1. The number of carbonyl (C=O) groups is 1. The molecule has 0 spiro atoms. The van der Waals surface area contributed by atoms with Gasteiger partial charge in [0.1, 0.15) is 11.4 Å². The Morgan fingerprint density at radius 1 is 1.07 bits per heavy atom. The average molecular weight is 369 g/mol. The summed E-state index contributed by atoms with van der Waals surface area (Å²) in [5.74, 6) is 0.775. The Morgan fingerprint density at radius 3 is 2.82 bits per heavy atom. The lowest BCUT2D eigenvalue weighted by Gasteiger charge is -2.26. The Kier molecular flexibility index (Phi) is 4.05. The van der Waals surface area contributed by atoms with Crippen LogP contribution in [0.25, 0.3) is 22.2 Å². The fourth-order valence-electron chi connectivity index (χ4n) is 3.75. The van der Waals surface area contributed by atoms with Crippen LogP contribution in [0.5, 0.6) is 5.75 Å².